The first kappa shape index (κ1) is 22.3. The number of hydrogen-bond donors (Lipinski definition) is 1. The average molecular weight is 487 g/mol. The maximum absolute atomic E-state index is 12.4. The number of carbonyl (C=O) groups excluding carboxylic acids is 1. The summed E-state index contributed by atoms with van der Waals surface area (Å²) in [5.41, 5.74) is 2.68. The normalized spacial score (nSPS) is 10.8. The van der Waals surface area contributed by atoms with Crippen molar-refractivity contribution < 1.29 is 13.9 Å². The van der Waals surface area contributed by atoms with E-state index < -0.39 is 0 Å². The number of amides is 1. The monoisotopic (exact) mass is 486 g/mol. The number of ether oxygens (including phenoxy) is 1. The summed E-state index contributed by atoms with van der Waals surface area (Å²) >= 11 is 8.87. The molecule has 1 N–H and O–H groups in total. The molecule has 0 bridgehead atoms. The summed E-state index contributed by atoms with van der Waals surface area (Å²) in [6, 6.07) is 15.0. The second kappa shape index (κ2) is 10.2. The molecule has 2 aromatic heterocycles. The molecule has 7 nitrogen and oxygen atoms in total. The number of aromatic nitrogens is 3. The van der Waals surface area contributed by atoms with Crippen LogP contribution in [0.5, 0.6) is 5.75 Å². The fourth-order valence-electron chi connectivity index (χ4n) is 2.86. The van der Waals surface area contributed by atoms with E-state index in [0.717, 1.165) is 32.5 Å². The lowest BCUT2D eigenvalue weighted by Crippen LogP contribution is -2.13. The van der Waals surface area contributed by atoms with Gasteiger partial charge in [0.2, 0.25) is 11.8 Å². The molecule has 0 aliphatic heterocycles. The topological polar surface area (TPSA) is 90.1 Å². The Morgan fingerprint density at radius 1 is 1.19 bits per heavy atom. The van der Waals surface area contributed by atoms with E-state index in [9.17, 15) is 4.79 Å². The Balaban J connectivity index is 1.32. The third-order valence-electron chi connectivity index (χ3n) is 4.52. The quantitative estimate of drug-likeness (QED) is 0.329. The van der Waals surface area contributed by atoms with Crippen LogP contribution in [-0.4, -0.2) is 34.0 Å². The third kappa shape index (κ3) is 5.48. The first-order chi connectivity index (χ1) is 15.5. The van der Waals surface area contributed by atoms with Crippen molar-refractivity contribution in [1.29, 1.82) is 0 Å². The molecule has 4 rings (SSSR count). The molecule has 0 radical (unpaired) electrons. The van der Waals surface area contributed by atoms with Crippen molar-refractivity contribution in [2.75, 3.05) is 18.2 Å². The van der Waals surface area contributed by atoms with Gasteiger partial charge < -0.3 is 14.5 Å². The van der Waals surface area contributed by atoms with Crippen LogP contribution in [0, 0.1) is 6.92 Å². The van der Waals surface area contributed by atoms with Gasteiger partial charge in [0.05, 0.1) is 18.6 Å². The van der Waals surface area contributed by atoms with Crippen molar-refractivity contribution in [2.45, 2.75) is 18.6 Å². The van der Waals surface area contributed by atoms with Crippen LogP contribution < -0.4 is 10.1 Å². The van der Waals surface area contributed by atoms with Gasteiger partial charge >= 0.3 is 0 Å². The molecule has 0 saturated heterocycles. The molecule has 0 spiro atoms. The minimum Gasteiger partial charge on any atom is -0.497 e. The molecule has 4 aromatic rings. The number of halogens is 1. The zero-order chi connectivity index (χ0) is 22.5. The number of aryl methyl sites for hydroxylation is 1. The minimum atomic E-state index is -0.197. The summed E-state index contributed by atoms with van der Waals surface area (Å²) < 4.78 is 10.8. The summed E-state index contributed by atoms with van der Waals surface area (Å²) in [4.78, 5) is 17.9. The van der Waals surface area contributed by atoms with E-state index in [4.69, 9.17) is 20.8 Å². The second-order valence-corrected chi connectivity index (χ2v) is 9.15. The molecule has 1 amide bonds. The highest BCUT2D eigenvalue weighted by atomic mass is 35.5. The lowest BCUT2D eigenvalue weighted by Gasteiger charge is -2.02. The summed E-state index contributed by atoms with van der Waals surface area (Å²) in [6.07, 6.45) is 0.671. The number of thioether (sulfide) groups is 1. The molecular formula is C22H19ClN4O3S2. The summed E-state index contributed by atoms with van der Waals surface area (Å²) in [6.45, 7) is 1.92. The van der Waals surface area contributed by atoms with Crippen LogP contribution >= 0.6 is 34.7 Å². The maximum Gasteiger partial charge on any atom is 0.277 e. The summed E-state index contributed by atoms with van der Waals surface area (Å²) in [7, 11) is 1.61. The first-order valence-electron chi connectivity index (χ1n) is 9.62. The van der Waals surface area contributed by atoms with E-state index in [-0.39, 0.29) is 11.7 Å². The van der Waals surface area contributed by atoms with Crippen LogP contribution in [0.4, 0.5) is 5.13 Å². The summed E-state index contributed by atoms with van der Waals surface area (Å²) in [5, 5.41) is 12.5. The molecule has 0 saturated carbocycles. The smallest absolute Gasteiger partial charge is 0.277 e. The highest BCUT2D eigenvalue weighted by Crippen LogP contribution is 2.28. The molecule has 0 aliphatic carbocycles. The largest absolute Gasteiger partial charge is 0.497 e. The molecule has 0 unspecified atom stereocenters. The predicted molar refractivity (Wildman–Crippen MR) is 127 cm³/mol. The Morgan fingerprint density at radius 3 is 2.72 bits per heavy atom. The number of hydrogen-bond acceptors (Lipinski definition) is 8. The molecule has 164 valence electrons. The van der Waals surface area contributed by atoms with E-state index in [2.05, 4.69) is 20.5 Å². The van der Waals surface area contributed by atoms with Crippen molar-refractivity contribution in [1.82, 2.24) is 15.2 Å². The van der Waals surface area contributed by atoms with Crippen molar-refractivity contribution in [3.8, 4) is 17.2 Å². The Bertz CT molecular complexity index is 1220. The maximum atomic E-state index is 12.4. The van der Waals surface area contributed by atoms with Crippen molar-refractivity contribution >= 4 is 45.7 Å². The Kier molecular flexibility index (Phi) is 7.09. The van der Waals surface area contributed by atoms with E-state index in [1.165, 1.54) is 23.1 Å². The molecule has 0 fully saturated rings. The molecular weight excluding hydrogens is 468 g/mol. The highest BCUT2D eigenvalue weighted by molar-refractivity contribution is 7.99. The molecule has 10 heteroatoms. The number of thiazole rings is 1. The fraction of sp³-hybridized carbons (Fsp3) is 0.182. The molecule has 0 atom stereocenters. The van der Waals surface area contributed by atoms with E-state index in [0.29, 0.717) is 22.7 Å². The molecule has 32 heavy (non-hydrogen) atoms. The van der Waals surface area contributed by atoms with Gasteiger partial charge in [-0.05, 0) is 42.8 Å². The highest BCUT2D eigenvalue weighted by Gasteiger charge is 2.15. The van der Waals surface area contributed by atoms with E-state index >= 15 is 0 Å². The fourth-order valence-corrected chi connectivity index (χ4v) is 4.63. The first-order valence-corrected chi connectivity index (χ1v) is 11.8. The van der Waals surface area contributed by atoms with Gasteiger partial charge in [0, 0.05) is 21.9 Å². The van der Waals surface area contributed by atoms with Crippen LogP contribution in [0.15, 0.2) is 58.2 Å². The minimum absolute atomic E-state index is 0.128. The number of methoxy groups -OCH3 is 1. The van der Waals surface area contributed by atoms with Gasteiger partial charge in [0.25, 0.3) is 5.22 Å². The van der Waals surface area contributed by atoms with Gasteiger partial charge in [0.15, 0.2) is 5.13 Å². The van der Waals surface area contributed by atoms with Crippen LogP contribution in [0.3, 0.4) is 0 Å². The Morgan fingerprint density at radius 2 is 1.97 bits per heavy atom. The standard InChI is InChI=1S/C22H19ClN4O3S2/c1-13-18(11-15-5-3-4-6-17(15)23)32-21(24-13)25-19(28)12-31-22-27-26-20(30-22)14-7-9-16(29-2)10-8-14/h3-10H,11-12H2,1-2H3,(H,24,25,28). The van der Waals surface area contributed by atoms with Crippen LogP contribution in [0.25, 0.3) is 11.5 Å². The van der Waals surface area contributed by atoms with Crippen molar-refractivity contribution in [3.05, 3.63) is 69.7 Å². The summed E-state index contributed by atoms with van der Waals surface area (Å²) in [5.74, 6) is 1.06. The van der Waals surface area contributed by atoms with Gasteiger partial charge in [-0.3, -0.25) is 4.79 Å². The van der Waals surface area contributed by atoms with Gasteiger partial charge in [0.1, 0.15) is 5.75 Å². The number of anilines is 1. The second-order valence-electron chi connectivity index (χ2n) is 6.73. The van der Waals surface area contributed by atoms with Crippen LogP contribution in [-0.2, 0) is 11.2 Å². The van der Waals surface area contributed by atoms with Crippen LogP contribution in [0.1, 0.15) is 16.1 Å². The number of carbonyl (C=O) groups is 1. The lowest BCUT2D eigenvalue weighted by atomic mass is 10.1. The number of nitrogens with zero attached hydrogens (tertiary/aromatic N) is 3. The van der Waals surface area contributed by atoms with Crippen LogP contribution in [0.2, 0.25) is 5.02 Å². The third-order valence-corrected chi connectivity index (χ3v) is 6.78. The Hall–Kier alpha value is -2.88. The zero-order valence-corrected chi connectivity index (χ0v) is 19.7. The van der Waals surface area contributed by atoms with E-state index in [1.54, 1.807) is 7.11 Å². The van der Waals surface area contributed by atoms with Gasteiger partial charge in [-0.15, -0.1) is 21.5 Å². The number of rotatable bonds is 8. The molecule has 2 aromatic carbocycles. The van der Waals surface area contributed by atoms with E-state index in [1.807, 2.05) is 55.5 Å². The number of benzene rings is 2. The average Bonchev–Trinajstić information content (AvgIpc) is 3.40. The zero-order valence-electron chi connectivity index (χ0n) is 17.3. The predicted octanol–water partition coefficient (Wildman–Crippen LogP) is 5.49. The molecule has 2 heterocycles. The SMILES string of the molecule is COc1ccc(-c2nnc(SCC(=O)Nc3nc(C)c(Cc4ccccc4Cl)s3)o2)cc1. The van der Waals surface area contributed by atoms with Crippen molar-refractivity contribution in [2.24, 2.45) is 0 Å². The number of nitrogens with one attached hydrogen (secondary N) is 1. The van der Waals surface area contributed by atoms with Crippen molar-refractivity contribution in [3.63, 3.8) is 0 Å². The van der Waals surface area contributed by atoms with Gasteiger partial charge in [-0.25, -0.2) is 4.98 Å². The Labute approximate surface area is 198 Å². The lowest BCUT2D eigenvalue weighted by molar-refractivity contribution is -0.113. The van der Waals surface area contributed by atoms with Gasteiger partial charge in [-0.2, -0.15) is 0 Å². The van der Waals surface area contributed by atoms with Gasteiger partial charge in [-0.1, -0.05) is 41.6 Å². The molecule has 0 aliphatic rings.